The summed E-state index contributed by atoms with van der Waals surface area (Å²) in [6.45, 7) is 0. The molecule has 1 N–H and O–H groups in total. The Balaban J connectivity index is 0.000000492. The Bertz CT molecular complexity index is 493. The zero-order chi connectivity index (χ0) is 13.5. The lowest BCUT2D eigenvalue weighted by Crippen LogP contribution is -2.31. The SMILES string of the molecule is COC.O=CC1CCC(n2ccc(=O)[nH]c2=O)O1. The van der Waals surface area contributed by atoms with Crippen molar-refractivity contribution in [2.45, 2.75) is 25.2 Å². The van der Waals surface area contributed by atoms with Crippen LogP contribution in [0.5, 0.6) is 0 Å². The second kappa shape index (κ2) is 6.87. The second-order valence-corrected chi connectivity index (χ2v) is 3.77. The highest BCUT2D eigenvalue weighted by Crippen LogP contribution is 2.25. The molecule has 100 valence electrons. The summed E-state index contributed by atoms with van der Waals surface area (Å²) in [4.78, 5) is 34.8. The summed E-state index contributed by atoms with van der Waals surface area (Å²) in [5.41, 5.74) is -0.958. The number of aromatic amines is 1. The first-order valence-corrected chi connectivity index (χ1v) is 5.44. The molecule has 7 nitrogen and oxygen atoms in total. The minimum Gasteiger partial charge on any atom is -0.388 e. The molecule has 0 radical (unpaired) electrons. The summed E-state index contributed by atoms with van der Waals surface area (Å²) in [5, 5.41) is 0. The van der Waals surface area contributed by atoms with E-state index in [0.29, 0.717) is 12.8 Å². The van der Waals surface area contributed by atoms with Gasteiger partial charge in [-0.05, 0) is 12.8 Å². The normalized spacial score (nSPS) is 22.1. The third kappa shape index (κ3) is 3.64. The number of H-pyrrole nitrogens is 1. The largest absolute Gasteiger partial charge is 0.388 e. The molecule has 1 aromatic heterocycles. The highest BCUT2D eigenvalue weighted by Gasteiger charge is 2.26. The van der Waals surface area contributed by atoms with Crippen LogP contribution in [0, 0.1) is 0 Å². The van der Waals surface area contributed by atoms with Gasteiger partial charge in [0.05, 0.1) is 0 Å². The molecule has 0 bridgehead atoms. The molecule has 2 atom stereocenters. The Hall–Kier alpha value is -1.73. The van der Waals surface area contributed by atoms with Crippen LogP contribution < -0.4 is 11.2 Å². The van der Waals surface area contributed by atoms with E-state index in [-0.39, 0.29) is 0 Å². The molecule has 2 heterocycles. The van der Waals surface area contributed by atoms with Crippen molar-refractivity contribution in [3.05, 3.63) is 33.1 Å². The number of aromatic nitrogens is 2. The van der Waals surface area contributed by atoms with Crippen LogP contribution >= 0.6 is 0 Å². The van der Waals surface area contributed by atoms with Crippen molar-refractivity contribution in [1.29, 1.82) is 0 Å². The third-order valence-electron chi connectivity index (χ3n) is 2.34. The summed E-state index contributed by atoms with van der Waals surface area (Å²) in [7, 11) is 3.25. The standard InChI is InChI=1S/C9H10N2O4.C2H6O/c12-5-6-1-2-8(15-6)11-4-3-7(13)10-9(11)14;1-3-2/h3-6,8H,1-2H2,(H,10,13,14);1-2H3. The smallest absolute Gasteiger partial charge is 0.330 e. The molecule has 7 heteroatoms. The first-order chi connectivity index (χ1) is 8.62. The molecule has 0 aromatic carbocycles. The van der Waals surface area contributed by atoms with Crippen molar-refractivity contribution < 1.29 is 14.3 Å². The number of nitrogens with zero attached hydrogens (tertiary/aromatic N) is 1. The lowest BCUT2D eigenvalue weighted by atomic mass is 10.2. The van der Waals surface area contributed by atoms with Crippen LogP contribution in [-0.4, -0.2) is 36.2 Å². The van der Waals surface area contributed by atoms with Crippen molar-refractivity contribution in [1.82, 2.24) is 9.55 Å². The lowest BCUT2D eigenvalue weighted by molar-refractivity contribution is -0.119. The van der Waals surface area contributed by atoms with E-state index in [1.165, 1.54) is 16.8 Å². The molecule has 1 aromatic rings. The number of carbonyl (C=O) groups is 1. The van der Waals surface area contributed by atoms with Gasteiger partial charge in [0.15, 0.2) is 0 Å². The van der Waals surface area contributed by atoms with Gasteiger partial charge in [0, 0.05) is 26.5 Å². The van der Waals surface area contributed by atoms with Crippen molar-refractivity contribution in [2.24, 2.45) is 0 Å². The number of hydrogen-bond donors (Lipinski definition) is 1. The molecule has 0 aliphatic carbocycles. The minimum absolute atomic E-state index is 0.443. The van der Waals surface area contributed by atoms with Crippen LogP contribution in [0.1, 0.15) is 19.1 Å². The summed E-state index contributed by atoms with van der Waals surface area (Å²) in [6, 6.07) is 1.25. The van der Waals surface area contributed by atoms with Gasteiger partial charge in [0.25, 0.3) is 5.56 Å². The number of ether oxygens (including phenoxy) is 2. The molecule has 0 amide bonds. The van der Waals surface area contributed by atoms with Crippen LogP contribution in [0.2, 0.25) is 0 Å². The average Bonchev–Trinajstić information content (AvgIpc) is 2.78. The van der Waals surface area contributed by atoms with Crippen LogP contribution in [0.25, 0.3) is 0 Å². The molecule has 1 aliphatic rings. The third-order valence-corrected chi connectivity index (χ3v) is 2.34. The molecular weight excluding hydrogens is 240 g/mol. The van der Waals surface area contributed by atoms with Crippen molar-refractivity contribution >= 4 is 6.29 Å². The molecular formula is C11H16N2O5. The topological polar surface area (TPSA) is 90.4 Å². The Labute approximate surface area is 103 Å². The molecule has 2 rings (SSSR count). The zero-order valence-electron chi connectivity index (χ0n) is 10.3. The molecule has 1 aliphatic heterocycles. The number of aldehydes is 1. The molecule has 0 spiro atoms. The second-order valence-electron chi connectivity index (χ2n) is 3.77. The van der Waals surface area contributed by atoms with Gasteiger partial charge in [-0.3, -0.25) is 14.3 Å². The first kappa shape index (κ1) is 14.3. The fraction of sp³-hybridized carbons (Fsp3) is 0.545. The van der Waals surface area contributed by atoms with E-state index < -0.39 is 23.6 Å². The maximum absolute atomic E-state index is 11.4. The predicted molar refractivity (Wildman–Crippen MR) is 63.5 cm³/mol. The lowest BCUT2D eigenvalue weighted by Gasteiger charge is -2.12. The number of methoxy groups -OCH3 is 1. The monoisotopic (exact) mass is 256 g/mol. The highest BCUT2D eigenvalue weighted by atomic mass is 16.5. The molecule has 18 heavy (non-hydrogen) atoms. The average molecular weight is 256 g/mol. The Morgan fingerprint density at radius 2 is 2.11 bits per heavy atom. The maximum atomic E-state index is 11.4. The Morgan fingerprint density at radius 3 is 2.61 bits per heavy atom. The Morgan fingerprint density at radius 1 is 1.44 bits per heavy atom. The zero-order valence-corrected chi connectivity index (χ0v) is 10.3. The van der Waals surface area contributed by atoms with Crippen LogP contribution in [-0.2, 0) is 14.3 Å². The van der Waals surface area contributed by atoms with Crippen LogP contribution in [0.15, 0.2) is 21.9 Å². The van der Waals surface area contributed by atoms with Crippen molar-refractivity contribution in [3.63, 3.8) is 0 Å². The maximum Gasteiger partial charge on any atom is 0.330 e. The molecule has 1 saturated heterocycles. The summed E-state index contributed by atoms with van der Waals surface area (Å²) < 4.78 is 10.8. The van der Waals surface area contributed by atoms with E-state index in [1.54, 1.807) is 14.2 Å². The number of hydrogen-bond acceptors (Lipinski definition) is 5. The van der Waals surface area contributed by atoms with E-state index in [2.05, 4.69) is 9.72 Å². The van der Waals surface area contributed by atoms with Gasteiger partial charge >= 0.3 is 5.69 Å². The summed E-state index contributed by atoms with van der Waals surface area (Å²) in [6.07, 6.45) is 2.38. The quantitative estimate of drug-likeness (QED) is 0.732. The van der Waals surface area contributed by atoms with E-state index >= 15 is 0 Å². The van der Waals surface area contributed by atoms with Gasteiger partial charge in [-0.25, -0.2) is 4.79 Å². The van der Waals surface area contributed by atoms with Crippen LogP contribution in [0.3, 0.4) is 0 Å². The van der Waals surface area contributed by atoms with Gasteiger partial charge in [0.2, 0.25) is 0 Å². The number of carbonyl (C=O) groups excluding carboxylic acids is 1. The van der Waals surface area contributed by atoms with Gasteiger partial charge in [-0.1, -0.05) is 0 Å². The fourth-order valence-electron chi connectivity index (χ4n) is 1.60. The highest BCUT2D eigenvalue weighted by molar-refractivity contribution is 5.56. The summed E-state index contributed by atoms with van der Waals surface area (Å²) >= 11 is 0. The summed E-state index contributed by atoms with van der Waals surface area (Å²) in [5.74, 6) is 0. The van der Waals surface area contributed by atoms with Gasteiger partial charge in [-0.2, -0.15) is 0 Å². The number of nitrogens with one attached hydrogen (secondary N) is 1. The van der Waals surface area contributed by atoms with Gasteiger partial charge in [-0.15, -0.1) is 0 Å². The fourth-order valence-corrected chi connectivity index (χ4v) is 1.60. The van der Waals surface area contributed by atoms with E-state index in [9.17, 15) is 14.4 Å². The first-order valence-electron chi connectivity index (χ1n) is 5.44. The Kier molecular flexibility index (Phi) is 5.47. The molecule has 2 unspecified atom stereocenters. The van der Waals surface area contributed by atoms with Crippen LogP contribution in [0.4, 0.5) is 0 Å². The number of rotatable bonds is 2. The van der Waals surface area contributed by atoms with E-state index in [0.717, 1.165) is 6.29 Å². The molecule has 0 saturated carbocycles. The van der Waals surface area contributed by atoms with Gasteiger partial charge < -0.3 is 14.3 Å². The van der Waals surface area contributed by atoms with E-state index in [4.69, 9.17) is 4.74 Å². The van der Waals surface area contributed by atoms with Gasteiger partial charge in [0.1, 0.15) is 18.6 Å². The predicted octanol–water partition coefficient (Wildman–Crippen LogP) is -0.324. The van der Waals surface area contributed by atoms with E-state index in [1.807, 2.05) is 0 Å². The van der Waals surface area contributed by atoms with Crippen molar-refractivity contribution in [3.8, 4) is 0 Å². The molecule has 1 fully saturated rings. The minimum atomic E-state index is -0.515. The van der Waals surface area contributed by atoms with Crippen molar-refractivity contribution in [2.75, 3.05) is 14.2 Å².